The number of barbiturate groups is 1. The SMILES string of the molecule is COc1ccc([C@H]2c3c(C)noc3N[C@@H](c3ccc(OC)cc3)C23C(=O)N(C)C(=O)N(C)C3=O)cc1. The molecule has 186 valence electrons. The summed E-state index contributed by atoms with van der Waals surface area (Å²) in [6, 6.07) is 12.7. The third-order valence-electron chi connectivity index (χ3n) is 7.17. The fourth-order valence-corrected chi connectivity index (χ4v) is 5.37. The first-order valence-electron chi connectivity index (χ1n) is 11.4. The van der Waals surface area contributed by atoms with Gasteiger partial charge in [-0.3, -0.25) is 19.4 Å². The van der Waals surface area contributed by atoms with Gasteiger partial charge in [-0.05, 0) is 42.3 Å². The van der Waals surface area contributed by atoms with E-state index in [2.05, 4.69) is 10.5 Å². The Bertz CT molecular complexity index is 1320. The fourth-order valence-electron chi connectivity index (χ4n) is 5.37. The lowest BCUT2D eigenvalue weighted by atomic mass is 9.59. The number of fused-ring (bicyclic) bond motifs is 1. The van der Waals surface area contributed by atoms with E-state index in [1.54, 1.807) is 57.5 Å². The molecule has 0 saturated carbocycles. The lowest BCUT2D eigenvalue weighted by Crippen LogP contribution is -2.68. The zero-order valence-corrected chi connectivity index (χ0v) is 20.6. The lowest BCUT2D eigenvalue weighted by Gasteiger charge is -2.51. The molecule has 0 aliphatic carbocycles. The average molecular weight is 491 g/mol. The highest BCUT2D eigenvalue weighted by atomic mass is 16.5. The number of methoxy groups -OCH3 is 2. The van der Waals surface area contributed by atoms with Gasteiger partial charge in [0.1, 0.15) is 11.5 Å². The van der Waals surface area contributed by atoms with Crippen molar-refractivity contribution < 1.29 is 28.4 Å². The maximum Gasteiger partial charge on any atom is 0.332 e. The standard InChI is InChI=1S/C26H26N4O6/c1-14-19-20(15-6-10-17(34-4)11-7-15)26(23(31)29(2)25(33)30(3)24(26)32)21(27-22(19)36-28-14)16-8-12-18(35-5)13-9-16/h6-13,20-21,27H,1-5H3/t20-,21-/m0/s1. The first kappa shape index (κ1) is 23.4. The van der Waals surface area contributed by atoms with E-state index in [9.17, 15) is 14.4 Å². The number of carbonyl (C=O) groups excluding carboxylic acids is 3. The molecule has 3 aromatic rings. The van der Waals surface area contributed by atoms with Gasteiger partial charge in [-0.15, -0.1) is 0 Å². The Morgan fingerprint density at radius 2 is 1.36 bits per heavy atom. The van der Waals surface area contributed by atoms with Crippen molar-refractivity contribution in [1.82, 2.24) is 15.0 Å². The van der Waals surface area contributed by atoms with Crippen LogP contribution in [0.3, 0.4) is 0 Å². The number of benzene rings is 2. The normalized spacial score (nSPS) is 20.9. The maximum absolute atomic E-state index is 14.2. The van der Waals surface area contributed by atoms with Gasteiger partial charge in [0.25, 0.3) is 0 Å². The van der Waals surface area contributed by atoms with Gasteiger partial charge in [-0.2, -0.15) is 0 Å². The molecule has 2 atom stereocenters. The van der Waals surface area contributed by atoms with Crippen molar-refractivity contribution in [3.63, 3.8) is 0 Å². The number of carbonyl (C=O) groups is 3. The van der Waals surface area contributed by atoms with Crippen molar-refractivity contribution in [3.8, 4) is 11.5 Å². The summed E-state index contributed by atoms with van der Waals surface area (Å²) < 4.78 is 16.3. The Morgan fingerprint density at radius 3 is 1.86 bits per heavy atom. The third-order valence-corrected chi connectivity index (χ3v) is 7.17. The molecule has 3 heterocycles. The van der Waals surface area contributed by atoms with Crippen molar-refractivity contribution in [2.45, 2.75) is 18.9 Å². The second-order valence-electron chi connectivity index (χ2n) is 8.95. The molecule has 2 aliphatic rings. The number of anilines is 1. The van der Waals surface area contributed by atoms with E-state index in [-0.39, 0.29) is 0 Å². The van der Waals surface area contributed by atoms with Crippen LogP contribution in [0.5, 0.6) is 11.5 Å². The first-order valence-corrected chi connectivity index (χ1v) is 11.4. The molecule has 36 heavy (non-hydrogen) atoms. The summed E-state index contributed by atoms with van der Waals surface area (Å²) in [5.41, 5.74) is 0.689. The monoisotopic (exact) mass is 490 g/mol. The topological polar surface area (TPSA) is 114 Å². The molecule has 2 aromatic carbocycles. The number of hydrogen-bond donors (Lipinski definition) is 1. The van der Waals surface area contributed by atoms with E-state index < -0.39 is 35.2 Å². The van der Waals surface area contributed by atoms with Crippen molar-refractivity contribution in [2.75, 3.05) is 33.6 Å². The molecule has 0 radical (unpaired) electrons. The smallest absolute Gasteiger partial charge is 0.332 e. The number of urea groups is 1. The predicted octanol–water partition coefficient (Wildman–Crippen LogP) is 3.34. The van der Waals surface area contributed by atoms with Crippen LogP contribution in [0.15, 0.2) is 53.1 Å². The number of aryl methyl sites for hydroxylation is 1. The van der Waals surface area contributed by atoms with Crippen LogP contribution in [-0.4, -0.2) is 61.1 Å². The van der Waals surface area contributed by atoms with Gasteiger partial charge in [0.15, 0.2) is 5.41 Å². The Hall–Kier alpha value is -4.34. The van der Waals surface area contributed by atoms with Crippen molar-refractivity contribution in [3.05, 3.63) is 70.9 Å². The highest BCUT2D eigenvalue weighted by Gasteiger charge is 2.67. The molecule has 5 rings (SSSR count). The molecule has 1 saturated heterocycles. The van der Waals surface area contributed by atoms with Crippen molar-refractivity contribution in [1.29, 1.82) is 0 Å². The maximum atomic E-state index is 14.2. The third kappa shape index (κ3) is 3.10. The molecule has 2 aliphatic heterocycles. The second-order valence-corrected chi connectivity index (χ2v) is 8.95. The number of rotatable bonds is 4. The predicted molar refractivity (Wildman–Crippen MR) is 129 cm³/mol. The Labute approximate surface area is 207 Å². The summed E-state index contributed by atoms with van der Waals surface area (Å²) in [7, 11) is 5.90. The van der Waals surface area contributed by atoms with Gasteiger partial charge in [0, 0.05) is 25.6 Å². The number of hydrogen-bond acceptors (Lipinski definition) is 8. The largest absolute Gasteiger partial charge is 0.497 e. The highest BCUT2D eigenvalue weighted by molar-refractivity contribution is 6.20. The number of aromatic nitrogens is 1. The Morgan fingerprint density at radius 1 is 0.861 bits per heavy atom. The van der Waals surface area contributed by atoms with E-state index in [1.165, 1.54) is 14.1 Å². The minimum absolute atomic E-state index is 0.363. The van der Waals surface area contributed by atoms with Crippen LogP contribution in [0.4, 0.5) is 10.7 Å². The summed E-state index contributed by atoms with van der Waals surface area (Å²) in [6.45, 7) is 1.76. The molecule has 10 heteroatoms. The van der Waals surface area contributed by atoms with Gasteiger partial charge in [0.05, 0.1) is 26.0 Å². The number of ether oxygens (including phenoxy) is 2. The number of nitrogens with one attached hydrogen (secondary N) is 1. The van der Waals surface area contributed by atoms with Gasteiger partial charge in [-0.1, -0.05) is 29.4 Å². The van der Waals surface area contributed by atoms with Gasteiger partial charge < -0.3 is 19.3 Å². The summed E-state index contributed by atoms with van der Waals surface area (Å²) in [4.78, 5) is 43.3. The van der Waals surface area contributed by atoms with E-state index in [1.807, 2.05) is 12.1 Å². The molecule has 10 nitrogen and oxygen atoms in total. The molecule has 4 amide bonds. The van der Waals surface area contributed by atoms with Gasteiger partial charge in [-0.25, -0.2) is 4.79 Å². The number of nitrogens with zero attached hydrogens (tertiary/aromatic N) is 3. The quantitative estimate of drug-likeness (QED) is 0.554. The summed E-state index contributed by atoms with van der Waals surface area (Å²) in [6.07, 6.45) is 0. The number of amides is 4. The molecule has 1 N–H and O–H groups in total. The average Bonchev–Trinajstić information content (AvgIpc) is 3.29. The lowest BCUT2D eigenvalue weighted by molar-refractivity contribution is -0.160. The zero-order valence-electron chi connectivity index (χ0n) is 20.6. The van der Waals surface area contributed by atoms with Crippen LogP contribution < -0.4 is 14.8 Å². The van der Waals surface area contributed by atoms with Crippen LogP contribution in [0, 0.1) is 12.3 Å². The molecule has 1 spiro atoms. The van der Waals surface area contributed by atoms with E-state index in [4.69, 9.17) is 14.0 Å². The van der Waals surface area contributed by atoms with Crippen molar-refractivity contribution >= 4 is 23.7 Å². The van der Waals surface area contributed by atoms with E-state index in [0.717, 1.165) is 9.80 Å². The van der Waals surface area contributed by atoms with Crippen LogP contribution in [-0.2, 0) is 9.59 Å². The fraction of sp³-hybridized carbons (Fsp3) is 0.308. The molecule has 1 aromatic heterocycles. The summed E-state index contributed by atoms with van der Waals surface area (Å²) >= 11 is 0. The minimum Gasteiger partial charge on any atom is -0.497 e. The van der Waals surface area contributed by atoms with E-state index in [0.29, 0.717) is 39.8 Å². The first-order chi connectivity index (χ1) is 17.2. The number of imide groups is 2. The molecule has 1 fully saturated rings. The summed E-state index contributed by atoms with van der Waals surface area (Å²) in [5, 5.41) is 7.42. The molecular weight excluding hydrogens is 464 g/mol. The van der Waals surface area contributed by atoms with E-state index >= 15 is 0 Å². The Balaban J connectivity index is 1.84. The van der Waals surface area contributed by atoms with Crippen LogP contribution in [0.25, 0.3) is 0 Å². The molecule has 0 unspecified atom stereocenters. The Kier molecular flexibility index (Phi) is 5.46. The molecule has 0 bridgehead atoms. The highest BCUT2D eigenvalue weighted by Crippen LogP contribution is 2.59. The zero-order chi connectivity index (χ0) is 25.8. The van der Waals surface area contributed by atoms with Crippen molar-refractivity contribution in [2.24, 2.45) is 5.41 Å². The minimum atomic E-state index is -1.76. The van der Waals surface area contributed by atoms with Crippen LogP contribution in [0.2, 0.25) is 0 Å². The molecular formula is C26H26N4O6. The van der Waals surface area contributed by atoms with Gasteiger partial charge >= 0.3 is 6.03 Å². The van der Waals surface area contributed by atoms with Gasteiger partial charge in [0.2, 0.25) is 17.7 Å². The van der Waals surface area contributed by atoms with Crippen LogP contribution >= 0.6 is 0 Å². The summed E-state index contributed by atoms with van der Waals surface area (Å²) in [5.74, 6) is -0.427. The second kappa shape index (κ2) is 8.40. The van der Waals surface area contributed by atoms with Crippen LogP contribution in [0.1, 0.15) is 34.3 Å².